The molecule has 2 saturated heterocycles. The molecule has 2 aliphatic rings. The van der Waals surface area contributed by atoms with Gasteiger partial charge in [0.05, 0.1) is 12.2 Å². The molecule has 0 aromatic heterocycles. The van der Waals surface area contributed by atoms with Gasteiger partial charge in [0.2, 0.25) is 0 Å². The number of rotatable bonds is 8. The van der Waals surface area contributed by atoms with Crippen LogP contribution in [0.25, 0.3) is 0 Å². The summed E-state index contributed by atoms with van der Waals surface area (Å²) in [5, 5.41) is 0.738. The third kappa shape index (κ3) is 6.13. The van der Waals surface area contributed by atoms with Crippen LogP contribution in [0.5, 0.6) is 5.75 Å². The zero-order chi connectivity index (χ0) is 25.8. The van der Waals surface area contributed by atoms with E-state index in [-0.39, 0.29) is 30.1 Å². The van der Waals surface area contributed by atoms with E-state index in [2.05, 4.69) is 11.0 Å². The van der Waals surface area contributed by atoms with E-state index in [0.29, 0.717) is 12.2 Å². The molecule has 2 fully saturated rings. The number of carbonyl (C=O) groups is 2. The predicted octanol–water partition coefficient (Wildman–Crippen LogP) is 7.02. The molecule has 37 heavy (non-hydrogen) atoms. The minimum absolute atomic E-state index is 0.0564. The highest BCUT2D eigenvalue weighted by Crippen LogP contribution is 2.38. The second-order valence-electron chi connectivity index (χ2n) is 9.50. The summed E-state index contributed by atoms with van der Waals surface area (Å²) >= 11 is 7.81. The summed E-state index contributed by atoms with van der Waals surface area (Å²) in [4.78, 5) is 28.5. The third-order valence-corrected chi connectivity index (χ3v) is 8.30. The first-order valence-corrected chi connectivity index (χ1v) is 14.1. The Balaban J connectivity index is 1.16. The fraction of sp³-hybridized carbons (Fsp3) is 0.333. The normalized spacial score (nSPS) is 20.5. The van der Waals surface area contributed by atoms with Crippen LogP contribution in [0.15, 0.2) is 77.7 Å². The number of esters is 1. The van der Waals surface area contributed by atoms with E-state index in [1.807, 2.05) is 54.6 Å². The van der Waals surface area contributed by atoms with Crippen LogP contribution in [0, 0.1) is 0 Å². The fourth-order valence-electron chi connectivity index (χ4n) is 5.25. The van der Waals surface area contributed by atoms with Gasteiger partial charge in [-0.2, -0.15) is 0 Å². The molecule has 0 saturated carbocycles. The Labute approximate surface area is 227 Å². The lowest BCUT2D eigenvalue weighted by Crippen LogP contribution is -2.49. The molecule has 2 heterocycles. The summed E-state index contributed by atoms with van der Waals surface area (Å²) in [6.45, 7) is 2.14. The van der Waals surface area contributed by atoms with Gasteiger partial charge in [0.25, 0.3) is 5.91 Å². The van der Waals surface area contributed by atoms with E-state index in [1.54, 1.807) is 30.8 Å². The Morgan fingerprint density at radius 3 is 2.27 bits per heavy atom. The number of fused-ring (bicyclic) bond motifs is 2. The lowest BCUT2D eigenvalue weighted by atomic mass is 9.98. The van der Waals surface area contributed by atoms with Gasteiger partial charge in [0.15, 0.2) is 0 Å². The Morgan fingerprint density at radius 1 is 0.946 bits per heavy atom. The van der Waals surface area contributed by atoms with Crippen LogP contribution in [-0.2, 0) is 10.5 Å². The van der Waals surface area contributed by atoms with Gasteiger partial charge in [-0.1, -0.05) is 29.8 Å². The van der Waals surface area contributed by atoms with Crippen LogP contribution in [0.3, 0.4) is 0 Å². The van der Waals surface area contributed by atoms with E-state index in [1.165, 1.54) is 5.56 Å². The van der Waals surface area contributed by atoms with Crippen molar-refractivity contribution in [3.05, 3.63) is 94.5 Å². The van der Waals surface area contributed by atoms with Crippen molar-refractivity contribution in [1.82, 2.24) is 4.90 Å². The number of thioether (sulfide) groups is 1. The Kier molecular flexibility index (Phi) is 8.06. The maximum Gasteiger partial charge on any atom is 0.338 e. The SMILES string of the molecule is CCOC(=O)c1ccc(OC2C[C@H]3CC[C@@H](C2)N3C(=O)c2ccc(CSc3cccc(Cl)c3)cc2)cc1. The second kappa shape index (κ2) is 11.6. The molecule has 5 rings (SSSR count). The van der Waals surface area contributed by atoms with Crippen molar-refractivity contribution >= 4 is 35.2 Å². The molecular formula is C30H30ClNO4S. The van der Waals surface area contributed by atoms with Gasteiger partial charge in [-0.15, -0.1) is 11.8 Å². The molecule has 2 aliphatic heterocycles. The van der Waals surface area contributed by atoms with Crippen molar-refractivity contribution in [3.63, 3.8) is 0 Å². The zero-order valence-corrected chi connectivity index (χ0v) is 22.3. The highest BCUT2D eigenvalue weighted by molar-refractivity contribution is 7.98. The molecule has 3 aromatic rings. The van der Waals surface area contributed by atoms with Crippen molar-refractivity contribution in [3.8, 4) is 5.75 Å². The molecule has 0 N–H and O–H groups in total. The van der Waals surface area contributed by atoms with E-state index < -0.39 is 0 Å². The van der Waals surface area contributed by atoms with Crippen molar-refractivity contribution in [1.29, 1.82) is 0 Å². The van der Waals surface area contributed by atoms with Crippen molar-refractivity contribution in [2.45, 2.75) is 61.4 Å². The fourth-order valence-corrected chi connectivity index (χ4v) is 6.41. The van der Waals surface area contributed by atoms with Crippen LogP contribution in [0.2, 0.25) is 5.02 Å². The summed E-state index contributed by atoms with van der Waals surface area (Å²) < 4.78 is 11.3. The average Bonchev–Trinajstić information content (AvgIpc) is 3.18. The molecular weight excluding hydrogens is 506 g/mol. The minimum atomic E-state index is -0.327. The van der Waals surface area contributed by atoms with Crippen molar-refractivity contribution < 1.29 is 19.1 Å². The van der Waals surface area contributed by atoms with E-state index in [0.717, 1.165) is 52.7 Å². The number of piperidine rings is 1. The highest BCUT2D eigenvalue weighted by Gasteiger charge is 2.44. The Morgan fingerprint density at radius 2 is 1.62 bits per heavy atom. The number of halogens is 1. The molecule has 192 valence electrons. The first kappa shape index (κ1) is 25.7. The number of carbonyl (C=O) groups excluding carboxylic acids is 2. The van der Waals surface area contributed by atoms with E-state index >= 15 is 0 Å². The van der Waals surface area contributed by atoms with Crippen LogP contribution < -0.4 is 4.74 Å². The first-order chi connectivity index (χ1) is 18.0. The number of ether oxygens (including phenoxy) is 2. The van der Waals surface area contributed by atoms with Crippen LogP contribution in [-0.4, -0.2) is 41.6 Å². The van der Waals surface area contributed by atoms with E-state index in [4.69, 9.17) is 21.1 Å². The quantitative estimate of drug-likeness (QED) is 0.229. The Bertz CT molecular complexity index is 1230. The zero-order valence-electron chi connectivity index (χ0n) is 20.8. The number of amides is 1. The first-order valence-electron chi connectivity index (χ1n) is 12.7. The molecule has 2 bridgehead atoms. The van der Waals surface area contributed by atoms with Gasteiger partial charge in [-0.3, -0.25) is 4.79 Å². The van der Waals surface area contributed by atoms with Crippen molar-refractivity contribution in [2.75, 3.05) is 6.61 Å². The molecule has 3 atom stereocenters. The minimum Gasteiger partial charge on any atom is -0.490 e. The standard InChI is InChI=1S/C30H30ClNO4S/c1-2-35-30(34)22-10-14-26(15-11-22)36-27-17-24-12-13-25(18-27)32(24)29(33)21-8-6-20(7-9-21)19-37-28-5-3-4-23(31)16-28/h3-11,14-16,24-25,27H,2,12-13,17-19H2,1H3/t24-,25+,27?. The molecule has 3 aromatic carbocycles. The lowest BCUT2D eigenvalue weighted by Gasteiger charge is -2.39. The monoisotopic (exact) mass is 535 g/mol. The molecule has 5 nitrogen and oxygen atoms in total. The lowest BCUT2D eigenvalue weighted by molar-refractivity contribution is 0.0359. The van der Waals surface area contributed by atoms with Gasteiger partial charge in [-0.25, -0.2) is 4.79 Å². The molecule has 1 unspecified atom stereocenters. The summed E-state index contributed by atoms with van der Waals surface area (Å²) in [6, 6.07) is 23.3. The van der Waals surface area contributed by atoms with Gasteiger partial charge in [-0.05, 0) is 79.9 Å². The second-order valence-corrected chi connectivity index (χ2v) is 11.0. The maximum atomic E-state index is 13.4. The van der Waals surface area contributed by atoms with Crippen molar-refractivity contribution in [2.24, 2.45) is 0 Å². The topological polar surface area (TPSA) is 55.8 Å². The molecule has 7 heteroatoms. The smallest absolute Gasteiger partial charge is 0.338 e. The van der Waals surface area contributed by atoms with E-state index in [9.17, 15) is 9.59 Å². The maximum absolute atomic E-state index is 13.4. The van der Waals surface area contributed by atoms with Gasteiger partial charge < -0.3 is 14.4 Å². The largest absolute Gasteiger partial charge is 0.490 e. The third-order valence-electron chi connectivity index (χ3n) is 7.00. The van der Waals surface area contributed by atoms with Gasteiger partial charge >= 0.3 is 5.97 Å². The van der Waals surface area contributed by atoms with Crippen LogP contribution in [0.1, 0.15) is 58.9 Å². The average molecular weight is 536 g/mol. The molecule has 1 amide bonds. The predicted molar refractivity (Wildman–Crippen MR) is 146 cm³/mol. The van der Waals surface area contributed by atoms with Crippen LogP contribution in [0.4, 0.5) is 0 Å². The molecule has 0 radical (unpaired) electrons. The Hall–Kier alpha value is -2.96. The molecule has 0 aliphatic carbocycles. The summed E-state index contributed by atoms with van der Waals surface area (Å²) in [5.41, 5.74) is 2.43. The summed E-state index contributed by atoms with van der Waals surface area (Å²) in [5.74, 6) is 1.35. The summed E-state index contributed by atoms with van der Waals surface area (Å²) in [6.07, 6.45) is 3.70. The highest BCUT2D eigenvalue weighted by atomic mass is 35.5. The van der Waals surface area contributed by atoms with Gasteiger partial charge in [0.1, 0.15) is 11.9 Å². The number of hydrogen-bond acceptors (Lipinski definition) is 5. The summed E-state index contributed by atoms with van der Waals surface area (Å²) in [7, 11) is 0. The van der Waals surface area contributed by atoms with Gasteiger partial charge in [0, 0.05) is 46.2 Å². The van der Waals surface area contributed by atoms with Crippen LogP contribution >= 0.6 is 23.4 Å². The molecule has 0 spiro atoms. The number of hydrogen-bond donors (Lipinski definition) is 0. The number of nitrogens with zero attached hydrogens (tertiary/aromatic N) is 1. The number of benzene rings is 3.